The molecule has 3 N–H and O–H groups in total. The Labute approximate surface area is 116 Å². The Kier molecular flexibility index (Phi) is 3.79. The predicted molar refractivity (Wildman–Crippen MR) is 68.2 cm³/mol. The number of aliphatic hydroxyl groups excluding tert-OH is 1. The lowest BCUT2D eigenvalue weighted by Gasteiger charge is -2.43. The molecule has 0 aliphatic carbocycles. The summed E-state index contributed by atoms with van der Waals surface area (Å²) in [4.78, 5) is 34.6. The number of hydrogen-bond acceptors (Lipinski definition) is 6. The lowest BCUT2D eigenvalue weighted by atomic mass is 9.92. The Morgan fingerprint density at radius 3 is 2.58 bits per heavy atom. The van der Waals surface area contributed by atoms with Crippen molar-refractivity contribution in [1.82, 2.24) is 4.90 Å². The summed E-state index contributed by atoms with van der Waals surface area (Å²) in [7, 11) is 0. The minimum absolute atomic E-state index is 0.178. The van der Waals surface area contributed by atoms with Gasteiger partial charge in [-0.1, -0.05) is 11.8 Å². The summed E-state index contributed by atoms with van der Waals surface area (Å²) in [6.45, 7) is 1.48. The molecule has 9 heteroatoms. The van der Waals surface area contributed by atoms with Gasteiger partial charge in [0.15, 0.2) is 5.70 Å². The third-order valence-electron chi connectivity index (χ3n) is 2.80. The highest BCUT2D eigenvalue weighted by Crippen LogP contribution is 2.53. The average molecular weight is 305 g/mol. The first-order valence-corrected chi connectivity index (χ1v) is 7.21. The first-order chi connectivity index (χ1) is 8.84. The summed E-state index contributed by atoms with van der Waals surface area (Å²) in [5, 5.41) is 26.8. The van der Waals surface area contributed by atoms with Gasteiger partial charge in [0.25, 0.3) is 0 Å². The Balaban J connectivity index is 2.21. The predicted octanol–water partition coefficient (Wildman–Crippen LogP) is -0.0300. The van der Waals surface area contributed by atoms with Crippen LogP contribution in [0.1, 0.15) is 6.92 Å². The van der Waals surface area contributed by atoms with Gasteiger partial charge in [0.1, 0.15) is 5.37 Å². The van der Waals surface area contributed by atoms with Gasteiger partial charge in [-0.05, 0) is 6.92 Å². The maximum absolute atomic E-state index is 11.8. The molecule has 0 radical (unpaired) electrons. The zero-order valence-corrected chi connectivity index (χ0v) is 11.4. The van der Waals surface area contributed by atoms with Crippen molar-refractivity contribution in [2.24, 2.45) is 5.92 Å². The minimum atomic E-state index is -1.26. The van der Waals surface area contributed by atoms with Crippen molar-refractivity contribution in [1.29, 1.82) is 0 Å². The number of aliphatic hydroxyl groups is 1. The van der Waals surface area contributed by atoms with Crippen molar-refractivity contribution >= 4 is 41.4 Å². The highest BCUT2D eigenvalue weighted by molar-refractivity contribution is 8.23. The third-order valence-corrected chi connectivity index (χ3v) is 5.44. The molecule has 0 saturated carbocycles. The normalized spacial score (nSPS) is 27.1. The van der Waals surface area contributed by atoms with Gasteiger partial charge in [-0.3, -0.25) is 14.5 Å². The molecule has 1 amide bonds. The minimum Gasteiger partial charge on any atom is -0.481 e. The fourth-order valence-electron chi connectivity index (χ4n) is 1.98. The molecule has 1 fully saturated rings. The number of hydrogen-bond donors (Lipinski definition) is 3. The zero-order chi connectivity index (χ0) is 14.3. The summed E-state index contributed by atoms with van der Waals surface area (Å²) < 4.78 is 0.302. The summed E-state index contributed by atoms with van der Waals surface area (Å²) in [6.07, 6.45) is -0.861. The number of rotatable bonds is 5. The van der Waals surface area contributed by atoms with Crippen LogP contribution in [0.5, 0.6) is 0 Å². The molecule has 7 nitrogen and oxygen atoms in total. The number of carboxylic acids is 2. The summed E-state index contributed by atoms with van der Waals surface area (Å²) in [6, 6.07) is 0. The summed E-state index contributed by atoms with van der Waals surface area (Å²) in [5.74, 6) is -3.67. The van der Waals surface area contributed by atoms with Gasteiger partial charge in [-0.25, -0.2) is 4.79 Å². The van der Waals surface area contributed by atoms with E-state index in [4.69, 9.17) is 10.2 Å². The second-order valence-electron chi connectivity index (χ2n) is 4.11. The van der Waals surface area contributed by atoms with Crippen LogP contribution >= 0.6 is 23.5 Å². The van der Waals surface area contributed by atoms with Gasteiger partial charge in [0.2, 0.25) is 5.91 Å². The topological polar surface area (TPSA) is 115 Å². The van der Waals surface area contributed by atoms with Crippen LogP contribution < -0.4 is 0 Å². The number of aliphatic carboxylic acids is 2. The van der Waals surface area contributed by atoms with Crippen LogP contribution in [0.25, 0.3) is 0 Å². The van der Waals surface area contributed by atoms with Crippen molar-refractivity contribution in [2.75, 3.05) is 5.75 Å². The van der Waals surface area contributed by atoms with E-state index in [9.17, 15) is 19.5 Å². The summed E-state index contributed by atoms with van der Waals surface area (Å²) >= 11 is 2.00. The van der Waals surface area contributed by atoms with E-state index in [0.29, 0.717) is 4.24 Å². The molecule has 104 valence electrons. The smallest absolute Gasteiger partial charge is 0.354 e. The number of amides is 1. The monoisotopic (exact) mass is 305 g/mol. The van der Waals surface area contributed by atoms with Crippen molar-refractivity contribution in [3.63, 3.8) is 0 Å². The van der Waals surface area contributed by atoms with E-state index in [1.54, 1.807) is 0 Å². The third kappa shape index (κ3) is 2.33. The molecule has 0 spiro atoms. The van der Waals surface area contributed by atoms with Crippen LogP contribution in [0, 0.1) is 5.92 Å². The number of nitrogens with zero attached hydrogens (tertiary/aromatic N) is 1. The molecule has 0 aromatic rings. The van der Waals surface area contributed by atoms with E-state index in [2.05, 4.69) is 0 Å². The number of carboxylic acid groups (broad SMARTS) is 2. The van der Waals surface area contributed by atoms with Gasteiger partial charge in [-0.2, -0.15) is 0 Å². The van der Waals surface area contributed by atoms with Crippen LogP contribution in [0.4, 0.5) is 0 Å². The number of carbonyl (C=O) groups is 3. The van der Waals surface area contributed by atoms with E-state index in [0.717, 1.165) is 28.4 Å². The van der Waals surface area contributed by atoms with E-state index >= 15 is 0 Å². The fourth-order valence-corrected chi connectivity index (χ4v) is 4.62. The second kappa shape index (κ2) is 5.06. The molecule has 2 unspecified atom stereocenters. The van der Waals surface area contributed by atoms with Crippen molar-refractivity contribution in [3.05, 3.63) is 9.93 Å². The molecule has 3 atom stereocenters. The molecule has 0 aromatic heterocycles. The largest absolute Gasteiger partial charge is 0.481 e. The molecule has 2 rings (SSSR count). The van der Waals surface area contributed by atoms with E-state index in [1.807, 2.05) is 0 Å². The first-order valence-electron chi connectivity index (χ1n) is 5.34. The molecular weight excluding hydrogens is 294 g/mol. The quantitative estimate of drug-likeness (QED) is 0.607. The zero-order valence-electron chi connectivity index (χ0n) is 9.77. The van der Waals surface area contributed by atoms with Crippen LogP contribution in [0.2, 0.25) is 0 Å². The average Bonchev–Trinajstić information content (AvgIpc) is 2.60. The van der Waals surface area contributed by atoms with E-state index in [-0.39, 0.29) is 11.4 Å². The highest BCUT2D eigenvalue weighted by Gasteiger charge is 2.57. The van der Waals surface area contributed by atoms with Crippen LogP contribution in [-0.2, 0) is 14.4 Å². The molecule has 2 heterocycles. The fraction of sp³-hybridized carbons (Fsp3) is 0.500. The maximum atomic E-state index is 11.8. The van der Waals surface area contributed by atoms with Gasteiger partial charge in [-0.15, -0.1) is 11.8 Å². The Hall–Kier alpha value is -1.19. The lowest BCUT2D eigenvalue weighted by molar-refractivity contribution is -0.156. The van der Waals surface area contributed by atoms with Crippen LogP contribution in [0.3, 0.4) is 0 Å². The second-order valence-corrected chi connectivity index (χ2v) is 6.48. The van der Waals surface area contributed by atoms with Crippen molar-refractivity contribution < 1.29 is 29.7 Å². The van der Waals surface area contributed by atoms with Gasteiger partial charge in [0.05, 0.1) is 22.0 Å². The first kappa shape index (κ1) is 14.2. The Morgan fingerprint density at radius 2 is 2.11 bits per heavy atom. The Bertz CT molecular complexity index is 488. The van der Waals surface area contributed by atoms with Crippen molar-refractivity contribution in [3.8, 4) is 0 Å². The Morgan fingerprint density at radius 1 is 1.47 bits per heavy atom. The molecule has 0 aromatic carbocycles. The maximum Gasteiger partial charge on any atom is 0.354 e. The molecule has 2 aliphatic rings. The molecule has 0 bridgehead atoms. The van der Waals surface area contributed by atoms with Crippen LogP contribution in [0.15, 0.2) is 9.93 Å². The van der Waals surface area contributed by atoms with Gasteiger partial charge >= 0.3 is 11.9 Å². The molecule has 2 aliphatic heterocycles. The SMILES string of the molecule is CC(O)C1C(=O)N2C(C(=O)O)=C(SCC(=O)O)S[C@H]12. The van der Waals surface area contributed by atoms with Gasteiger partial charge < -0.3 is 15.3 Å². The standard InChI is InChI=1S/C10H11NO6S2/c1-3(12)5-7(15)11-6(9(16)17)10(19-8(5)11)18-2-4(13)14/h3,5,8,12H,2H2,1H3,(H,13,14)(H,16,17)/t3?,5?,8-/m1/s1. The highest BCUT2D eigenvalue weighted by atomic mass is 32.2. The molecular formula is C10H11NO6S2. The number of carbonyl (C=O) groups excluding carboxylic acids is 1. The lowest BCUT2D eigenvalue weighted by Crippen LogP contribution is -2.60. The van der Waals surface area contributed by atoms with Crippen LogP contribution in [-0.4, -0.2) is 55.3 Å². The number of fused-ring (bicyclic) bond motifs is 1. The van der Waals surface area contributed by atoms with Crippen molar-refractivity contribution in [2.45, 2.75) is 18.4 Å². The van der Waals surface area contributed by atoms with E-state index in [1.165, 1.54) is 6.92 Å². The van der Waals surface area contributed by atoms with E-state index < -0.39 is 35.2 Å². The number of β-lactam (4-membered cyclic amide) rings is 1. The number of thioether (sulfide) groups is 2. The van der Waals surface area contributed by atoms with Gasteiger partial charge in [0, 0.05) is 0 Å². The molecule has 19 heavy (non-hydrogen) atoms. The summed E-state index contributed by atoms with van der Waals surface area (Å²) in [5.41, 5.74) is -0.178. The molecule has 1 saturated heterocycles.